The first-order chi connectivity index (χ1) is 10.3. The van der Waals surface area contributed by atoms with Gasteiger partial charge in [0.05, 0.1) is 6.10 Å². The molecule has 2 aliphatic rings. The summed E-state index contributed by atoms with van der Waals surface area (Å²) in [4.78, 5) is 0. The number of hydrogen-bond acceptors (Lipinski definition) is 2. The van der Waals surface area contributed by atoms with E-state index in [1.807, 2.05) is 0 Å². The molecule has 114 valence electrons. The summed E-state index contributed by atoms with van der Waals surface area (Å²) in [7, 11) is 0. The zero-order valence-electron chi connectivity index (χ0n) is 13.1. The minimum Gasteiger partial charge on any atom is -0.490 e. The van der Waals surface area contributed by atoms with Gasteiger partial charge in [-0.05, 0) is 67.8 Å². The lowest BCUT2D eigenvalue weighted by molar-refractivity contribution is 0.130. The van der Waals surface area contributed by atoms with Crippen LogP contribution in [-0.4, -0.2) is 19.2 Å². The molecule has 1 saturated carbocycles. The zero-order chi connectivity index (χ0) is 14.5. The summed E-state index contributed by atoms with van der Waals surface area (Å²) in [6.07, 6.45) is 10.3. The van der Waals surface area contributed by atoms with Crippen molar-refractivity contribution in [1.29, 1.82) is 0 Å². The fraction of sp³-hybridized carbons (Fsp3) is 0.579. The normalized spacial score (nSPS) is 26.2. The summed E-state index contributed by atoms with van der Waals surface area (Å²) in [5, 5.41) is 3.36. The molecule has 0 unspecified atom stereocenters. The Kier molecular flexibility index (Phi) is 4.97. The number of ether oxygens (including phenoxy) is 1. The van der Waals surface area contributed by atoms with E-state index in [1.54, 1.807) is 0 Å². The molecule has 1 aromatic rings. The third-order valence-corrected chi connectivity index (χ3v) is 4.96. The Morgan fingerprint density at radius 2 is 1.86 bits per heavy atom. The largest absolute Gasteiger partial charge is 0.490 e. The topological polar surface area (TPSA) is 21.3 Å². The molecule has 1 heterocycles. The maximum Gasteiger partial charge on any atom is 0.119 e. The Hall–Kier alpha value is -1.28. The lowest BCUT2D eigenvalue weighted by Gasteiger charge is -2.28. The van der Waals surface area contributed by atoms with Crippen LogP contribution in [0.3, 0.4) is 0 Å². The lowest BCUT2D eigenvalue weighted by Crippen LogP contribution is -2.23. The molecule has 3 rings (SSSR count). The van der Waals surface area contributed by atoms with Crippen LogP contribution in [0.1, 0.15) is 51.0 Å². The van der Waals surface area contributed by atoms with Gasteiger partial charge in [-0.3, -0.25) is 0 Å². The van der Waals surface area contributed by atoms with Gasteiger partial charge in [-0.25, -0.2) is 0 Å². The smallest absolute Gasteiger partial charge is 0.119 e. The van der Waals surface area contributed by atoms with Crippen LogP contribution in [0, 0.1) is 5.92 Å². The van der Waals surface area contributed by atoms with Gasteiger partial charge in [0.25, 0.3) is 0 Å². The highest BCUT2D eigenvalue weighted by molar-refractivity contribution is 5.67. The number of hydrogen-bond donors (Lipinski definition) is 1. The quantitative estimate of drug-likeness (QED) is 0.884. The molecule has 1 aliphatic carbocycles. The zero-order valence-corrected chi connectivity index (χ0v) is 13.1. The second kappa shape index (κ2) is 7.13. The Balaban J connectivity index is 1.56. The van der Waals surface area contributed by atoms with Gasteiger partial charge in [-0.1, -0.05) is 31.6 Å². The van der Waals surface area contributed by atoms with Gasteiger partial charge in [0.2, 0.25) is 0 Å². The van der Waals surface area contributed by atoms with Crippen LogP contribution in [0.4, 0.5) is 0 Å². The van der Waals surface area contributed by atoms with Crippen molar-refractivity contribution in [2.75, 3.05) is 13.1 Å². The summed E-state index contributed by atoms with van der Waals surface area (Å²) in [6.45, 7) is 4.39. The average molecular weight is 285 g/mol. The minimum absolute atomic E-state index is 0.428. The van der Waals surface area contributed by atoms with Gasteiger partial charge in [0.15, 0.2) is 0 Å². The van der Waals surface area contributed by atoms with Gasteiger partial charge in [-0.2, -0.15) is 0 Å². The van der Waals surface area contributed by atoms with E-state index in [0.717, 1.165) is 31.2 Å². The van der Waals surface area contributed by atoms with Crippen molar-refractivity contribution in [3.8, 4) is 5.75 Å². The fourth-order valence-electron chi connectivity index (χ4n) is 3.48. The molecule has 0 spiro atoms. The van der Waals surface area contributed by atoms with Gasteiger partial charge in [0.1, 0.15) is 5.75 Å². The first-order valence-corrected chi connectivity index (χ1v) is 8.52. The highest BCUT2D eigenvalue weighted by atomic mass is 16.5. The van der Waals surface area contributed by atoms with Gasteiger partial charge in [0, 0.05) is 6.54 Å². The van der Waals surface area contributed by atoms with E-state index >= 15 is 0 Å². The molecule has 21 heavy (non-hydrogen) atoms. The van der Waals surface area contributed by atoms with E-state index in [1.165, 1.54) is 43.2 Å². The van der Waals surface area contributed by atoms with Crippen LogP contribution in [-0.2, 0) is 0 Å². The summed E-state index contributed by atoms with van der Waals surface area (Å²) < 4.78 is 6.16. The van der Waals surface area contributed by atoms with Crippen LogP contribution in [0.25, 0.3) is 5.57 Å². The van der Waals surface area contributed by atoms with Crippen molar-refractivity contribution < 1.29 is 4.74 Å². The predicted octanol–water partition coefficient (Wildman–Crippen LogP) is 4.41. The van der Waals surface area contributed by atoms with Crippen molar-refractivity contribution in [3.63, 3.8) is 0 Å². The second-order valence-electron chi connectivity index (χ2n) is 6.38. The standard InChI is InChI=1S/C19H27NO/c1-2-15-3-7-18(8-4-15)21-19-9-5-16(6-10-19)17-11-13-20-14-12-17/h5-6,9-11,15,18,20H,2-4,7-8,12-14H2,1H3/t15-,18-. The van der Waals surface area contributed by atoms with Crippen LogP contribution >= 0.6 is 0 Å². The van der Waals surface area contributed by atoms with Crippen molar-refractivity contribution in [2.45, 2.75) is 51.6 Å². The maximum atomic E-state index is 6.16. The molecular weight excluding hydrogens is 258 g/mol. The lowest BCUT2D eigenvalue weighted by atomic mass is 9.86. The third kappa shape index (κ3) is 3.88. The number of benzene rings is 1. The fourth-order valence-corrected chi connectivity index (χ4v) is 3.48. The molecule has 1 aliphatic heterocycles. The number of nitrogens with one attached hydrogen (secondary N) is 1. The first kappa shape index (κ1) is 14.6. The molecule has 1 N–H and O–H groups in total. The van der Waals surface area contributed by atoms with Crippen LogP contribution in [0.5, 0.6) is 5.75 Å². The summed E-state index contributed by atoms with van der Waals surface area (Å²) >= 11 is 0. The molecule has 0 saturated heterocycles. The molecule has 1 fully saturated rings. The van der Waals surface area contributed by atoms with Crippen LogP contribution in [0.15, 0.2) is 30.3 Å². The van der Waals surface area contributed by atoms with Gasteiger partial charge < -0.3 is 10.1 Å². The third-order valence-electron chi connectivity index (χ3n) is 4.96. The van der Waals surface area contributed by atoms with Crippen molar-refractivity contribution in [1.82, 2.24) is 5.32 Å². The highest BCUT2D eigenvalue weighted by Gasteiger charge is 2.21. The maximum absolute atomic E-state index is 6.16. The van der Waals surface area contributed by atoms with Crippen molar-refractivity contribution >= 4 is 5.57 Å². The molecule has 0 bridgehead atoms. The van der Waals surface area contributed by atoms with E-state index in [-0.39, 0.29) is 0 Å². The van der Waals surface area contributed by atoms with Crippen LogP contribution in [0.2, 0.25) is 0 Å². The first-order valence-electron chi connectivity index (χ1n) is 8.52. The molecule has 0 amide bonds. The van der Waals surface area contributed by atoms with E-state index in [0.29, 0.717) is 6.10 Å². The summed E-state index contributed by atoms with van der Waals surface area (Å²) in [5.74, 6) is 1.97. The average Bonchev–Trinajstić information content (AvgIpc) is 2.57. The molecule has 2 heteroatoms. The predicted molar refractivity (Wildman–Crippen MR) is 88.6 cm³/mol. The minimum atomic E-state index is 0.428. The van der Waals surface area contributed by atoms with E-state index < -0.39 is 0 Å². The van der Waals surface area contributed by atoms with Crippen molar-refractivity contribution in [3.05, 3.63) is 35.9 Å². The highest BCUT2D eigenvalue weighted by Crippen LogP contribution is 2.30. The number of rotatable bonds is 4. The Morgan fingerprint density at radius 3 is 2.48 bits per heavy atom. The monoisotopic (exact) mass is 285 g/mol. The Morgan fingerprint density at radius 1 is 1.10 bits per heavy atom. The van der Waals surface area contributed by atoms with Crippen LogP contribution < -0.4 is 10.1 Å². The molecule has 2 nitrogen and oxygen atoms in total. The SMILES string of the molecule is CC[C@H]1CC[C@H](Oc2ccc(C3=CCNCC3)cc2)CC1. The van der Waals surface area contributed by atoms with Gasteiger partial charge in [-0.15, -0.1) is 0 Å². The van der Waals surface area contributed by atoms with Gasteiger partial charge >= 0.3 is 0 Å². The molecule has 0 radical (unpaired) electrons. The Labute approximate surface area is 128 Å². The van der Waals surface area contributed by atoms with E-state index in [9.17, 15) is 0 Å². The summed E-state index contributed by atoms with van der Waals surface area (Å²) in [6, 6.07) is 8.71. The molecule has 0 aromatic heterocycles. The summed E-state index contributed by atoms with van der Waals surface area (Å²) in [5.41, 5.74) is 2.81. The van der Waals surface area contributed by atoms with Crippen molar-refractivity contribution in [2.24, 2.45) is 5.92 Å². The molecule has 1 aromatic carbocycles. The Bertz CT molecular complexity index is 469. The molecular formula is C19H27NO. The molecule has 0 atom stereocenters. The van der Waals surface area contributed by atoms with E-state index in [4.69, 9.17) is 4.74 Å². The second-order valence-corrected chi connectivity index (χ2v) is 6.38. The van der Waals surface area contributed by atoms with E-state index in [2.05, 4.69) is 42.6 Å².